The molecule has 0 atom stereocenters. The molecule has 0 saturated carbocycles. The number of nitrogen functional groups attached to an aromatic ring is 1. The van der Waals surface area contributed by atoms with Crippen molar-refractivity contribution in [2.24, 2.45) is 0 Å². The molecule has 2 N–H and O–H groups in total. The Bertz CT molecular complexity index is 800. The quantitative estimate of drug-likeness (QED) is 0.490. The zero-order valence-corrected chi connectivity index (χ0v) is 13.5. The fourth-order valence-electron chi connectivity index (χ4n) is 2.65. The number of carbonyl (C=O) groups is 3. The summed E-state index contributed by atoms with van der Waals surface area (Å²) in [7, 11) is 0. The minimum absolute atomic E-state index is 0.124. The fourth-order valence-corrected chi connectivity index (χ4v) is 2.65. The molecule has 7 nitrogen and oxygen atoms in total. The highest BCUT2D eigenvalue weighted by Gasteiger charge is 2.34. The summed E-state index contributed by atoms with van der Waals surface area (Å²) in [5, 5.41) is 0. The number of aromatic nitrogens is 1. The molecule has 0 spiro atoms. The number of ether oxygens (including phenoxy) is 1. The van der Waals surface area contributed by atoms with Crippen molar-refractivity contribution in [2.75, 3.05) is 18.9 Å². The van der Waals surface area contributed by atoms with Gasteiger partial charge in [-0.2, -0.15) is 0 Å². The van der Waals surface area contributed by atoms with Gasteiger partial charge in [0.05, 0.1) is 17.7 Å². The molecule has 2 aromatic rings. The molecule has 1 aromatic carbocycles. The van der Waals surface area contributed by atoms with Gasteiger partial charge in [-0.15, -0.1) is 0 Å². The third kappa shape index (κ3) is 3.35. The van der Waals surface area contributed by atoms with Crippen LogP contribution in [0.1, 0.15) is 43.9 Å². The number of esters is 1. The van der Waals surface area contributed by atoms with E-state index >= 15 is 0 Å². The summed E-state index contributed by atoms with van der Waals surface area (Å²) in [6, 6.07) is 9.91. The standard InChI is InChI=1S/C18H17N3O4/c19-15-14(8-5-9-20-15)18(24)25-11-4-3-10-21-16(22)12-6-1-2-7-13(12)17(21)23/h1-2,5-9H,3-4,10-11H2,(H2,19,20). The first kappa shape index (κ1) is 16.6. The lowest BCUT2D eigenvalue weighted by molar-refractivity contribution is 0.0486. The summed E-state index contributed by atoms with van der Waals surface area (Å²) in [6.45, 7) is 0.468. The van der Waals surface area contributed by atoms with Gasteiger partial charge in [-0.25, -0.2) is 9.78 Å². The van der Waals surface area contributed by atoms with Crippen molar-refractivity contribution in [3.63, 3.8) is 0 Å². The smallest absolute Gasteiger partial charge is 0.341 e. The highest BCUT2D eigenvalue weighted by molar-refractivity contribution is 6.21. The highest BCUT2D eigenvalue weighted by Crippen LogP contribution is 2.22. The van der Waals surface area contributed by atoms with Crippen LogP contribution in [0.5, 0.6) is 0 Å². The van der Waals surface area contributed by atoms with E-state index in [2.05, 4.69) is 4.98 Å². The number of benzene rings is 1. The molecule has 7 heteroatoms. The summed E-state index contributed by atoms with van der Waals surface area (Å²) in [4.78, 5) is 41.3. The van der Waals surface area contributed by atoms with E-state index in [1.165, 1.54) is 11.1 Å². The van der Waals surface area contributed by atoms with Gasteiger partial charge in [0, 0.05) is 12.7 Å². The number of fused-ring (bicyclic) bond motifs is 1. The Balaban J connectivity index is 1.45. The molecule has 1 aliphatic heterocycles. The molecule has 0 radical (unpaired) electrons. The van der Waals surface area contributed by atoms with Crippen LogP contribution in [0.15, 0.2) is 42.6 Å². The van der Waals surface area contributed by atoms with Gasteiger partial charge in [0.15, 0.2) is 0 Å². The van der Waals surface area contributed by atoms with Crippen molar-refractivity contribution >= 4 is 23.6 Å². The average Bonchev–Trinajstić information content (AvgIpc) is 2.86. The van der Waals surface area contributed by atoms with Crippen LogP contribution < -0.4 is 5.73 Å². The second kappa shape index (κ2) is 7.12. The molecule has 1 aromatic heterocycles. The predicted molar refractivity (Wildman–Crippen MR) is 90.0 cm³/mol. The van der Waals surface area contributed by atoms with E-state index in [-0.39, 0.29) is 29.8 Å². The van der Waals surface area contributed by atoms with Gasteiger partial charge in [0.1, 0.15) is 11.4 Å². The Labute approximate surface area is 144 Å². The highest BCUT2D eigenvalue weighted by atomic mass is 16.5. The second-order valence-corrected chi connectivity index (χ2v) is 5.59. The lowest BCUT2D eigenvalue weighted by atomic mass is 10.1. The topological polar surface area (TPSA) is 103 Å². The summed E-state index contributed by atoms with van der Waals surface area (Å²) < 4.78 is 5.14. The van der Waals surface area contributed by atoms with E-state index < -0.39 is 5.97 Å². The van der Waals surface area contributed by atoms with Crippen LogP contribution in [0.25, 0.3) is 0 Å². The van der Waals surface area contributed by atoms with Crippen LogP contribution >= 0.6 is 0 Å². The summed E-state index contributed by atoms with van der Waals surface area (Å²) >= 11 is 0. The minimum atomic E-state index is -0.536. The molecule has 0 bridgehead atoms. The van der Waals surface area contributed by atoms with Gasteiger partial charge in [0.25, 0.3) is 11.8 Å². The summed E-state index contributed by atoms with van der Waals surface area (Å²) in [5.74, 6) is -0.966. The van der Waals surface area contributed by atoms with Crippen LogP contribution in [-0.2, 0) is 4.74 Å². The van der Waals surface area contributed by atoms with Crippen molar-refractivity contribution in [1.29, 1.82) is 0 Å². The monoisotopic (exact) mass is 339 g/mol. The Hall–Kier alpha value is -3.22. The van der Waals surface area contributed by atoms with E-state index in [0.29, 0.717) is 30.5 Å². The van der Waals surface area contributed by atoms with Crippen LogP contribution in [0.4, 0.5) is 5.82 Å². The number of anilines is 1. The van der Waals surface area contributed by atoms with E-state index in [1.54, 1.807) is 36.4 Å². The van der Waals surface area contributed by atoms with Crippen LogP contribution in [0.2, 0.25) is 0 Å². The first-order valence-corrected chi connectivity index (χ1v) is 7.92. The maximum atomic E-state index is 12.2. The Morgan fingerprint density at radius 1 is 1.04 bits per heavy atom. The Kier molecular flexibility index (Phi) is 4.74. The number of hydrogen-bond donors (Lipinski definition) is 1. The van der Waals surface area contributed by atoms with Crippen molar-refractivity contribution < 1.29 is 19.1 Å². The van der Waals surface area contributed by atoms with E-state index in [9.17, 15) is 14.4 Å². The largest absolute Gasteiger partial charge is 0.462 e. The number of rotatable bonds is 6. The van der Waals surface area contributed by atoms with Gasteiger partial charge in [-0.1, -0.05) is 12.1 Å². The number of nitrogens with two attached hydrogens (primary N) is 1. The molecular weight excluding hydrogens is 322 g/mol. The molecule has 2 amide bonds. The molecule has 0 unspecified atom stereocenters. The van der Waals surface area contributed by atoms with Gasteiger partial charge in [-0.05, 0) is 37.1 Å². The predicted octanol–water partition coefficient (Wildman–Crippen LogP) is 1.90. The SMILES string of the molecule is Nc1ncccc1C(=O)OCCCCN1C(=O)c2ccccc2C1=O. The zero-order valence-electron chi connectivity index (χ0n) is 13.5. The first-order valence-electron chi connectivity index (χ1n) is 7.92. The number of imide groups is 1. The number of unbranched alkanes of at least 4 members (excludes halogenated alkanes) is 1. The molecule has 3 rings (SSSR count). The van der Waals surface area contributed by atoms with E-state index in [0.717, 1.165) is 0 Å². The molecule has 0 aliphatic carbocycles. The normalized spacial score (nSPS) is 13.0. The molecular formula is C18H17N3O4. The van der Waals surface area contributed by atoms with Gasteiger partial charge < -0.3 is 10.5 Å². The molecule has 0 saturated heterocycles. The van der Waals surface area contributed by atoms with Gasteiger partial charge >= 0.3 is 5.97 Å². The van der Waals surface area contributed by atoms with Crippen molar-refractivity contribution in [1.82, 2.24) is 9.88 Å². The molecule has 1 aliphatic rings. The third-order valence-electron chi connectivity index (χ3n) is 3.95. The number of amides is 2. The second-order valence-electron chi connectivity index (χ2n) is 5.59. The average molecular weight is 339 g/mol. The summed E-state index contributed by atoms with van der Waals surface area (Å²) in [6.07, 6.45) is 2.56. The molecule has 128 valence electrons. The molecule has 2 heterocycles. The minimum Gasteiger partial charge on any atom is -0.462 e. The molecule has 25 heavy (non-hydrogen) atoms. The first-order chi connectivity index (χ1) is 12.1. The van der Waals surface area contributed by atoms with Crippen LogP contribution in [0.3, 0.4) is 0 Å². The van der Waals surface area contributed by atoms with Crippen molar-refractivity contribution in [3.05, 3.63) is 59.3 Å². The third-order valence-corrected chi connectivity index (χ3v) is 3.95. The van der Waals surface area contributed by atoms with E-state index in [1.807, 2.05) is 0 Å². The Morgan fingerprint density at radius 2 is 1.72 bits per heavy atom. The van der Waals surface area contributed by atoms with Gasteiger partial charge in [0.2, 0.25) is 0 Å². The van der Waals surface area contributed by atoms with E-state index in [4.69, 9.17) is 10.5 Å². The zero-order chi connectivity index (χ0) is 17.8. The van der Waals surface area contributed by atoms with Crippen LogP contribution in [0, 0.1) is 0 Å². The lowest BCUT2D eigenvalue weighted by Crippen LogP contribution is -2.30. The maximum absolute atomic E-state index is 12.2. The summed E-state index contributed by atoms with van der Waals surface area (Å²) in [5.41, 5.74) is 6.71. The molecule has 0 fully saturated rings. The number of hydrogen-bond acceptors (Lipinski definition) is 6. The number of pyridine rings is 1. The Morgan fingerprint density at radius 3 is 2.36 bits per heavy atom. The number of carbonyl (C=O) groups excluding carboxylic acids is 3. The van der Waals surface area contributed by atoms with Gasteiger partial charge in [-0.3, -0.25) is 14.5 Å². The maximum Gasteiger partial charge on any atom is 0.341 e. The lowest BCUT2D eigenvalue weighted by Gasteiger charge is -2.13. The van der Waals surface area contributed by atoms with Crippen molar-refractivity contribution in [2.45, 2.75) is 12.8 Å². The number of nitrogens with zero attached hydrogens (tertiary/aromatic N) is 2. The van der Waals surface area contributed by atoms with Crippen molar-refractivity contribution in [3.8, 4) is 0 Å². The fraction of sp³-hybridized carbons (Fsp3) is 0.222. The van der Waals surface area contributed by atoms with Crippen LogP contribution in [-0.4, -0.2) is 40.8 Å².